The van der Waals surface area contributed by atoms with Gasteiger partial charge in [0.1, 0.15) is 0 Å². The van der Waals surface area contributed by atoms with Crippen LogP contribution in [-0.4, -0.2) is 5.11 Å². The van der Waals surface area contributed by atoms with Crippen LogP contribution in [-0.2, 0) is 5.11 Å². The standard InChI is InChI=1S/C12H7Cl2O3/c13-7-5-6-8(14)12(11(7)16)17-10-4-2-1-3-9(10)15/h1-6,15H. The van der Waals surface area contributed by atoms with Gasteiger partial charge in [0, 0.05) is 0 Å². The summed E-state index contributed by atoms with van der Waals surface area (Å²) < 4.78 is 5.27. The third-order valence-corrected chi connectivity index (χ3v) is 2.69. The van der Waals surface area contributed by atoms with Crippen LogP contribution in [0.4, 0.5) is 0 Å². The molecule has 5 heteroatoms. The van der Waals surface area contributed by atoms with Crippen LogP contribution in [0.5, 0.6) is 23.0 Å². The molecule has 0 aliphatic carbocycles. The highest BCUT2D eigenvalue weighted by Gasteiger charge is 2.16. The molecule has 1 N–H and O–H groups in total. The molecule has 0 saturated heterocycles. The lowest BCUT2D eigenvalue weighted by molar-refractivity contribution is 0.325. The van der Waals surface area contributed by atoms with Gasteiger partial charge in [-0.2, -0.15) is 0 Å². The Morgan fingerprint density at radius 2 is 1.65 bits per heavy atom. The maximum Gasteiger partial charge on any atom is 0.241 e. The van der Waals surface area contributed by atoms with E-state index in [0.717, 1.165) is 0 Å². The second-order valence-corrected chi connectivity index (χ2v) is 4.07. The summed E-state index contributed by atoms with van der Waals surface area (Å²) in [5.41, 5.74) is 0. The number of rotatable bonds is 2. The second-order valence-electron chi connectivity index (χ2n) is 3.26. The van der Waals surface area contributed by atoms with Crippen molar-refractivity contribution in [2.24, 2.45) is 0 Å². The maximum atomic E-state index is 11.7. The summed E-state index contributed by atoms with van der Waals surface area (Å²) in [6.07, 6.45) is 0. The Morgan fingerprint density at radius 3 is 2.35 bits per heavy atom. The predicted octanol–water partition coefficient (Wildman–Crippen LogP) is 4.64. The number of benzene rings is 2. The van der Waals surface area contributed by atoms with Crippen LogP contribution < -0.4 is 4.74 Å². The molecule has 0 aromatic heterocycles. The van der Waals surface area contributed by atoms with Gasteiger partial charge in [-0.25, -0.2) is 0 Å². The minimum absolute atomic E-state index is 0.0137. The molecule has 2 aromatic carbocycles. The van der Waals surface area contributed by atoms with Crippen molar-refractivity contribution in [3.05, 3.63) is 46.4 Å². The molecule has 0 aliphatic rings. The van der Waals surface area contributed by atoms with Gasteiger partial charge in [0.05, 0.1) is 10.0 Å². The van der Waals surface area contributed by atoms with Gasteiger partial charge in [0.15, 0.2) is 17.2 Å². The minimum Gasteiger partial charge on any atom is -0.504 e. The molecular weight excluding hydrogens is 263 g/mol. The average molecular weight is 270 g/mol. The number of para-hydroxylation sites is 2. The molecule has 2 aromatic rings. The van der Waals surface area contributed by atoms with E-state index in [1.807, 2.05) is 0 Å². The molecule has 0 fully saturated rings. The van der Waals surface area contributed by atoms with Crippen LogP contribution in [0.3, 0.4) is 0 Å². The van der Waals surface area contributed by atoms with E-state index in [0.29, 0.717) is 0 Å². The van der Waals surface area contributed by atoms with Crippen molar-refractivity contribution in [2.45, 2.75) is 0 Å². The van der Waals surface area contributed by atoms with Crippen LogP contribution in [0.15, 0.2) is 36.4 Å². The number of phenols is 1. The fourth-order valence-electron chi connectivity index (χ4n) is 1.26. The molecule has 0 atom stereocenters. The van der Waals surface area contributed by atoms with Crippen molar-refractivity contribution in [3.8, 4) is 23.0 Å². The van der Waals surface area contributed by atoms with E-state index in [9.17, 15) is 10.2 Å². The Labute approximate surface area is 108 Å². The third kappa shape index (κ3) is 2.40. The first-order valence-corrected chi connectivity index (χ1v) is 5.46. The van der Waals surface area contributed by atoms with Crippen molar-refractivity contribution in [3.63, 3.8) is 0 Å². The predicted molar refractivity (Wildman–Crippen MR) is 64.8 cm³/mol. The van der Waals surface area contributed by atoms with Crippen molar-refractivity contribution >= 4 is 23.2 Å². The topological polar surface area (TPSA) is 49.4 Å². The van der Waals surface area contributed by atoms with Crippen LogP contribution >= 0.6 is 23.2 Å². The largest absolute Gasteiger partial charge is 0.504 e. The van der Waals surface area contributed by atoms with Crippen molar-refractivity contribution in [2.75, 3.05) is 0 Å². The molecule has 3 nitrogen and oxygen atoms in total. The average Bonchev–Trinajstić information content (AvgIpc) is 2.32. The number of hydrogen-bond donors (Lipinski definition) is 1. The van der Waals surface area contributed by atoms with Crippen molar-refractivity contribution in [1.82, 2.24) is 0 Å². The molecule has 0 unspecified atom stereocenters. The van der Waals surface area contributed by atoms with E-state index in [2.05, 4.69) is 0 Å². The smallest absolute Gasteiger partial charge is 0.241 e. The summed E-state index contributed by atoms with van der Waals surface area (Å²) in [4.78, 5) is 0. The second kappa shape index (κ2) is 4.73. The molecule has 0 bridgehead atoms. The summed E-state index contributed by atoms with van der Waals surface area (Å²) in [6.45, 7) is 0. The molecule has 0 spiro atoms. The van der Waals surface area contributed by atoms with E-state index in [4.69, 9.17) is 27.9 Å². The van der Waals surface area contributed by atoms with Crippen LogP contribution in [0, 0.1) is 0 Å². The van der Waals surface area contributed by atoms with Gasteiger partial charge >= 0.3 is 0 Å². The van der Waals surface area contributed by atoms with E-state index in [1.54, 1.807) is 12.1 Å². The van der Waals surface area contributed by atoms with Gasteiger partial charge in [0.2, 0.25) is 5.75 Å². The van der Waals surface area contributed by atoms with Crippen molar-refractivity contribution < 1.29 is 14.9 Å². The molecule has 2 rings (SSSR count). The van der Waals surface area contributed by atoms with Crippen LogP contribution in [0.25, 0.3) is 0 Å². The quantitative estimate of drug-likeness (QED) is 0.864. The highest BCUT2D eigenvalue weighted by Crippen LogP contribution is 2.44. The molecule has 17 heavy (non-hydrogen) atoms. The molecule has 0 aliphatic heterocycles. The number of ether oxygens (including phenoxy) is 1. The summed E-state index contributed by atoms with van der Waals surface area (Å²) in [5, 5.41) is 21.4. The fraction of sp³-hybridized carbons (Fsp3) is 0. The van der Waals surface area contributed by atoms with Gasteiger partial charge in [0.25, 0.3) is 0 Å². The maximum absolute atomic E-state index is 11.7. The third-order valence-electron chi connectivity index (χ3n) is 2.09. The number of aromatic hydroxyl groups is 1. The van der Waals surface area contributed by atoms with Crippen LogP contribution in [0.1, 0.15) is 0 Å². The summed E-state index contributed by atoms with van der Waals surface area (Å²) in [7, 11) is 0. The lowest BCUT2D eigenvalue weighted by Gasteiger charge is -2.09. The fourth-order valence-corrected chi connectivity index (χ4v) is 1.60. The van der Waals surface area contributed by atoms with Gasteiger partial charge in [-0.1, -0.05) is 35.3 Å². The zero-order chi connectivity index (χ0) is 12.4. The highest BCUT2D eigenvalue weighted by atomic mass is 35.5. The summed E-state index contributed by atoms with van der Waals surface area (Å²) in [6, 6.07) is 9.12. The van der Waals surface area contributed by atoms with Gasteiger partial charge in [-0.3, -0.25) is 5.11 Å². The van der Waals surface area contributed by atoms with Crippen molar-refractivity contribution in [1.29, 1.82) is 0 Å². The Hall–Kier alpha value is -1.58. The molecular formula is C12H7Cl2O3. The first kappa shape index (κ1) is 11.9. The SMILES string of the molecule is [O]c1c(Cl)ccc(Cl)c1Oc1ccccc1O. The van der Waals surface area contributed by atoms with E-state index in [1.165, 1.54) is 24.3 Å². The van der Waals surface area contributed by atoms with Crippen LogP contribution in [0.2, 0.25) is 10.0 Å². The molecule has 0 saturated carbocycles. The zero-order valence-electron chi connectivity index (χ0n) is 8.48. The Balaban J connectivity index is 2.43. The van der Waals surface area contributed by atoms with Gasteiger partial charge < -0.3 is 9.84 Å². The lowest BCUT2D eigenvalue weighted by Crippen LogP contribution is -1.86. The van der Waals surface area contributed by atoms with E-state index < -0.39 is 5.75 Å². The normalized spacial score (nSPS) is 10.2. The molecule has 87 valence electrons. The molecule has 1 radical (unpaired) electrons. The molecule has 0 amide bonds. The summed E-state index contributed by atoms with van der Waals surface area (Å²) >= 11 is 11.5. The number of halogens is 2. The van der Waals surface area contributed by atoms with Gasteiger partial charge in [-0.15, -0.1) is 0 Å². The van der Waals surface area contributed by atoms with E-state index in [-0.39, 0.29) is 27.3 Å². The van der Waals surface area contributed by atoms with E-state index >= 15 is 0 Å². The summed E-state index contributed by atoms with van der Waals surface area (Å²) in [5.74, 6) is -0.542. The first-order valence-electron chi connectivity index (χ1n) is 4.70. The Morgan fingerprint density at radius 1 is 1.00 bits per heavy atom. The molecule has 0 heterocycles. The number of phenolic OH excluding ortho intramolecular Hbond substituents is 1. The Kier molecular flexibility index (Phi) is 3.31. The number of hydrogen-bond acceptors (Lipinski definition) is 2. The van der Waals surface area contributed by atoms with Gasteiger partial charge in [-0.05, 0) is 24.3 Å². The Bertz CT molecular complexity index is 555. The monoisotopic (exact) mass is 269 g/mol. The first-order chi connectivity index (χ1) is 8.09. The minimum atomic E-state index is -0.512. The zero-order valence-corrected chi connectivity index (χ0v) is 10.00. The highest BCUT2D eigenvalue weighted by molar-refractivity contribution is 6.35. The lowest BCUT2D eigenvalue weighted by atomic mass is 10.3.